The molecule has 8 nitrogen and oxygen atoms in total. The molecule has 0 aliphatic carbocycles. The lowest BCUT2D eigenvalue weighted by atomic mass is 9.96. The maximum atomic E-state index is 12.6. The van der Waals surface area contributed by atoms with Crippen LogP contribution >= 0.6 is 15.9 Å². The minimum Gasteiger partial charge on any atom is -0.463 e. The molecule has 0 saturated heterocycles. The van der Waals surface area contributed by atoms with E-state index >= 15 is 0 Å². The summed E-state index contributed by atoms with van der Waals surface area (Å²) < 4.78 is 10.6. The van der Waals surface area contributed by atoms with Gasteiger partial charge in [-0.2, -0.15) is 0 Å². The Bertz CT molecular complexity index is 688. The number of carbonyl (C=O) groups excluding carboxylic acids is 3. The Morgan fingerprint density at radius 1 is 1.16 bits per heavy atom. The van der Waals surface area contributed by atoms with Crippen LogP contribution in [0.5, 0.6) is 0 Å². The quantitative estimate of drug-likeness (QED) is 0.715. The average molecular weight is 413 g/mol. The van der Waals surface area contributed by atoms with Crippen LogP contribution in [-0.2, 0) is 28.7 Å². The molecule has 0 radical (unpaired) electrons. The zero-order chi connectivity index (χ0) is 18.4. The molecule has 1 N–H and O–H groups in total. The number of hydrogen-bond acceptors (Lipinski definition) is 7. The highest BCUT2D eigenvalue weighted by molar-refractivity contribution is 9.10. The molecule has 25 heavy (non-hydrogen) atoms. The average Bonchev–Trinajstić information content (AvgIpc) is 3.02. The summed E-state index contributed by atoms with van der Waals surface area (Å²) in [5.74, 6) is -3.47. The van der Waals surface area contributed by atoms with Crippen LogP contribution in [0.1, 0.15) is 13.8 Å². The number of ether oxygens (including phenoxy) is 2. The lowest BCUT2D eigenvalue weighted by molar-refractivity contribution is -0.158. The van der Waals surface area contributed by atoms with E-state index in [0.717, 1.165) is 4.47 Å². The van der Waals surface area contributed by atoms with Crippen molar-refractivity contribution in [3.63, 3.8) is 0 Å². The van der Waals surface area contributed by atoms with E-state index in [1.165, 1.54) is 0 Å². The second-order valence-corrected chi connectivity index (χ2v) is 5.86. The molecule has 0 fully saturated rings. The van der Waals surface area contributed by atoms with E-state index in [0.29, 0.717) is 5.69 Å². The fraction of sp³-hybridized carbons (Fsp3) is 0.375. The smallest absolute Gasteiger partial charge is 0.357 e. The number of amides is 1. The van der Waals surface area contributed by atoms with E-state index in [2.05, 4.69) is 26.4 Å². The predicted octanol–water partition coefficient (Wildman–Crippen LogP) is 1.88. The number of benzene rings is 1. The molecule has 1 aromatic carbocycles. The monoisotopic (exact) mass is 412 g/mol. The Morgan fingerprint density at radius 3 is 2.40 bits per heavy atom. The highest BCUT2D eigenvalue weighted by Gasteiger charge is 2.48. The number of rotatable bonds is 6. The molecule has 1 aliphatic rings. The molecule has 0 spiro atoms. The predicted molar refractivity (Wildman–Crippen MR) is 91.8 cm³/mol. The Balaban J connectivity index is 2.22. The van der Waals surface area contributed by atoms with Crippen LogP contribution in [0, 0.1) is 5.92 Å². The van der Waals surface area contributed by atoms with E-state index < -0.39 is 29.9 Å². The van der Waals surface area contributed by atoms with Gasteiger partial charge in [0.15, 0.2) is 5.71 Å². The van der Waals surface area contributed by atoms with Gasteiger partial charge in [-0.25, -0.2) is 9.59 Å². The zero-order valence-electron chi connectivity index (χ0n) is 13.7. The maximum absolute atomic E-state index is 12.6. The van der Waals surface area contributed by atoms with E-state index in [4.69, 9.17) is 14.3 Å². The van der Waals surface area contributed by atoms with Crippen molar-refractivity contribution in [2.45, 2.75) is 20.0 Å². The van der Waals surface area contributed by atoms with Crippen molar-refractivity contribution in [1.82, 2.24) is 0 Å². The van der Waals surface area contributed by atoms with Gasteiger partial charge in [0.2, 0.25) is 12.0 Å². The summed E-state index contributed by atoms with van der Waals surface area (Å²) in [5.41, 5.74) is 0.223. The van der Waals surface area contributed by atoms with Crippen molar-refractivity contribution in [3.05, 3.63) is 28.7 Å². The molecule has 0 aromatic heterocycles. The lowest BCUT2D eigenvalue weighted by Crippen LogP contribution is -2.43. The van der Waals surface area contributed by atoms with Gasteiger partial charge in [-0.1, -0.05) is 21.1 Å². The molecule has 1 amide bonds. The standard InChI is InChI=1S/C16H17BrN2O6/c1-3-23-15(21)12-11(13(25-19-12)16(22)24-4-2)14(20)18-10-7-5-9(17)6-8-10/h5-8,11,13H,3-4H2,1-2H3,(H,18,20). The van der Waals surface area contributed by atoms with Crippen LogP contribution in [0.4, 0.5) is 5.69 Å². The molecule has 1 aliphatic heterocycles. The van der Waals surface area contributed by atoms with Gasteiger partial charge in [0, 0.05) is 10.2 Å². The molecule has 1 heterocycles. The number of oxime groups is 1. The van der Waals surface area contributed by atoms with Crippen molar-refractivity contribution in [3.8, 4) is 0 Å². The highest BCUT2D eigenvalue weighted by atomic mass is 79.9. The zero-order valence-corrected chi connectivity index (χ0v) is 15.2. The number of nitrogens with one attached hydrogen (secondary N) is 1. The summed E-state index contributed by atoms with van der Waals surface area (Å²) >= 11 is 3.30. The number of carbonyl (C=O) groups is 3. The second-order valence-electron chi connectivity index (χ2n) is 4.95. The molecule has 2 rings (SSSR count). The fourth-order valence-corrected chi connectivity index (χ4v) is 2.43. The van der Waals surface area contributed by atoms with Gasteiger partial charge in [0.25, 0.3) is 0 Å². The van der Waals surface area contributed by atoms with Crippen LogP contribution in [0.3, 0.4) is 0 Å². The molecular weight excluding hydrogens is 396 g/mol. The SMILES string of the molecule is CCOC(=O)C1=NOC(C(=O)OCC)C1C(=O)Nc1ccc(Br)cc1. The molecule has 0 bridgehead atoms. The van der Waals surface area contributed by atoms with Crippen LogP contribution in [-0.4, -0.2) is 42.9 Å². The van der Waals surface area contributed by atoms with Gasteiger partial charge in [-0.15, -0.1) is 0 Å². The van der Waals surface area contributed by atoms with Crippen molar-refractivity contribution >= 4 is 45.2 Å². The van der Waals surface area contributed by atoms with Gasteiger partial charge in [-0.05, 0) is 38.1 Å². The molecule has 9 heteroatoms. The third-order valence-corrected chi connectivity index (χ3v) is 3.79. The highest BCUT2D eigenvalue weighted by Crippen LogP contribution is 2.24. The Hall–Kier alpha value is -2.42. The number of esters is 2. The number of hydrogen-bond donors (Lipinski definition) is 1. The summed E-state index contributed by atoms with van der Waals surface area (Å²) in [6.45, 7) is 3.45. The first kappa shape index (κ1) is 18.9. The normalized spacial score (nSPS) is 18.8. The Labute approximate surface area is 152 Å². The third kappa shape index (κ3) is 4.56. The molecule has 1 aromatic rings. The van der Waals surface area contributed by atoms with E-state index in [-0.39, 0.29) is 18.9 Å². The van der Waals surface area contributed by atoms with Gasteiger partial charge >= 0.3 is 11.9 Å². The van der Waals surface area contributed by atoms with Crippen LogP contribution < -0.4 is 5.32 Å². The Kier molecular flexibility index (Phi) is 6.51. The van der Waals surface area contributed by atoms with E-state index in [9.17, 15) is 14.4 Å². The fourth-order valence-electron chi connectivity index (χ4n) is 2.16. The summed E-state index contributed by atoms with van der Waals surface area (Å²) in [4.78, 5) is 41.7. The molecule has 2 atom stereocenters. The second kappa shape index (κ2) is 8.61. The number of anilines is 1. The minimum atomic E-state index is -1.34. The molecule has 134 valence electrons. The Morgan fingerprint density at radius 2 is 1.80 bits per heavy atom. The van der Waals surface area contributed by atoms with Crippen LogP contribution in [0.25, 0.3) is 0 Å². The summed E-state index contributed by atoms with van der Waals surface area (Å²) in [6.07, 6.45) is -1.34. The first-order chi connectivity index (χ1) is 12.0. The van der Waals surface area contributed by atoms with Gasteiger partial charge < -0.3 is 19.6 Å². The van der Waals surface area contributed by atoms with Crippen LogP contribution in [0.15, 0.2) is 33.9 Å². The van der Waals surface area contributed by atoms with Crippen molar-refractivity contribution in [2.75, 3.05) is 18.5 Å². The van der Waals surface area contributed by atoms with Crippen molar-refractivity contribution in [2.24, 2.45) is 11.1 Å². The maximum Gasteiger partial charge on any atom is 0.357 e. The van der Waals surface area contributed by atoms with Gasteiger partial charge in [0.1, 0.15) is 5.92 Å². The largest absolute Gasteiger partial charge is 0.463 e. The molecule has 2 unspecified atom stereocenters. The summed E-state index contributed by atoms with van der Waals surface area (Å²) in [5, 5.41) is 6.20. The van der Waals surface area contributed by atoms with Crippen molar-refractivity contribution in [1.29, 1.82) is 0 Å². The molecule has 0 saturated carbocycles. The first-order valence-corrected chi connectivity index (χ1v) is 8.41. The number of nitrogens with zero attached hydrogens (tertiary/aromatic N) is 1. The van der Waals surface area contributed by atoms with E-state index in [1.807, 2.05) is 0 Å². The topological polar surface area (TPSA) is 103 Å². The minimum absolute atomic E-state index is 0.100. The van der Waals surface area contributed by atoms with E-state index in [1.54, 1.807) is 38.1 Å². The third-order valence-electron chi connectivity index (χ3n) is 3.26. The number of halogens is 1. The molecular formula is C16H17BrN2O6. The van der Waals surface area contributed by atoms with Crippen molar-refractivity contribution < 1.29 is 28.7 Å². The van der Waals surface area contributed by atoms with Gasteiger partial charge in [-0.3, -0.25) is 4.79 Å². The summed E-state index contributed by atoms with van der Waals surface area (Å²) in [7, 11) is 0. The lowest BCUT2D eigenvalue weighted by Gasteiger charge is -2.17. The van der Waals surface area contributed by atoms with Crippen LogP contribution in [0.2, 0.25) is 0 Å². The summed E-state index contributed by atoms with van der Waals surface area (Å²) in [6, 6.07) is 6.81. The first-order valence-electron chi connectivity index (χ1n) is 7.61. The van der Waals surface area contributed by atoms with Gasteiger partial charge in [0.05, 0.1) is 13.2 Å².